The number of alkyl halides is 3. The zero-order valence-corrected chi connectivity index (χ0v) is 12.4. The van der Waals surface area contributed by atoms with Gasteiger partial charge < -0.3 is 11.1 Å². The zero-order chi connectivity index (χ0) is 16.6. The first-order valence-electron chi connectivity index (χ1n) is 6.62. The molecule has 2 aromatic carbocycles. The summed E-state index contributed by atoms with van der Waals surface area (Å²) in [6, 6.07) is 10.9. The average molecular weight is 338 g/mol. The molecular weight excluding hydrogens is 327 g/mol. The van der Waals surface area contributed by atoms with Gasteiger partial charge in [-0.05, 0) is 36.4 Å². The fourth-order valence-electron chi connectivity index (χ4n) is 2.26. The van der Waals surface area contributed by atoms with Crippen LogP contribution in [0.5, 0.6) is 0 Å². The van der Waals surface area contributed by atoms with E-state index in [0.717, 1.165) is 6.07 Å². The minimum Gasteiger partial charge on any atom is -0.399 e. The van der Waals surface area contributed by atoms with Crippen LogP contribution in [0.15, 0.2) is 48.7 Å². The Morgan fingerprint density at radius 2 is 1.87 bits per heavy atom. The molecule has 3 aromatic rings. The van der Waals surface area contributed by atoms with Gasteiger partial charge in [0.1, 0.15) is 0 Å². The van der Waals surface area contributed by atoms with Crippen molar-refractivity contribution in [2.75, 3.05) is 11.1 Å². The van der Waals surface area contributed by atoms with Crippen LogP contribution in [0.2, 0.25) is 5.02 Å². The first kappa shape index (κ1) is 15.4. The van der Waals surface area contributed by atoms with Crippen LogP contribution >= 0.6 is 11.6 Å². The molecule has 0 amide bonds. The Balaban J connectivity index is 2.10. The SMILES string of the molecule is Nc1cccc(Nc2ccnc3cc(C(F)(F)F)c(Cl)cc23)c1. The summed E-state index contributed by atoms with van der Waals surface area (Å²) >= 11 is 5.79. The van der Waals surface area contributed by atoms with Crippen LogP contribution in [0.25, 0.3) is 10.9 Å². The number of hydrogen-bond donors (Lipinski definition) is 2. The molecule has 23 heavy (non-hydrogen) atoms. The zero-order valence-electron chi connectivity index (χ0n) is 11.7. The predicted octanol–water partition coefficient (Wildman–Crippen LogP) is 5.23. The van der Waals surface area contributed by atoms with E-state index in [1.807, 2.05) is 0 Å². The average Bonchev–Trinajstić information content (AvgIpc) is 2.46. The van der Waals surface area contributed by atoms with Gasteiger partial charge in [-0.3, -0.25) is 4.98 Å². The van der Waals surface area contributed by atoms with Crippen LogP contribution in [-0.2, 0) is 6.18 Å². The number of hydrogen-bond acceptors (Lipinski definition) is 3. The normalized spacial score (nSPS) is 11.7. The Labute approximate surface area is 134 Å². The van der Waals surface area contributed by atoms with Crippen molar-refractivity contribution in [3.05, 3.63) is 59.2 Å². The van der Waals surface area contributed by atoms with E-state index >= 15 is 0 Å². The van der Waals surface area contributed by atoms with Crippen molar-refractivity contribution in [1.82, 2.24) is 4.98 Å². The van der Waals surface area contributed by atoms with Crippen LogP contribution in [0, 0.1) is 0 Å². The monoisotopic (exact) mass is 337 g/mol. The molecular formula is C16H11ClF3N3. The summed E-state index contributed by atoms with van der Waals surface area (Å²) in [5.74, 6) is 0. The maximum absolute atomic E-state index is 12.9. The summed E-state index contributed by atoms with van der Waals surface area (Å²) in [7, 11) is 0. The van der Waals surface area contributed by atoms with Gasteiger partial charge in [-0.1, -0.05) is 17.7 Å². The molecule has 3 nitrogen and oxygen atoms in total. The molecule has 0 aliphatic heterocycles. The Hall–Kier alpha value is -2.47. The Morgan fingerprint density at radius 3 is 2.57 bits per heavy atom. The molecule has 0 saturated heterocycles. The lowest BCUT2D eigenvalue weighted by Crippen LogP contribution is -2.06. The van der Waals surface area contributed by atoms with Gasteiger partial charge in [-0.2, -0.15) is 13.2 Å². The lowest BCUT2D eigenvalue weighted by atomic mass is 10.1. The van der Waals surface area contributed by atoms with Crippen molar-refractivity contribution >= 4 is 39.6 Å². The number of fused-ring (bicyclic) bond motifs is 1. The summed E-state index contributed by atoms with van der Waals surface area (Å²) < 4.78 is 38.8. The Kier molecular flexibility index (Phi) is 3.77. The van der Waals surface area contributed by atoms with E-state index in [2.05, 4.69) is 10.3 Å². The fourth-order valence-corrected chi connectivity index (χ4v) is 2.54. The number of anilines is 3. The number of pyridine rings is 1. The fraction of sp³-hybridized carbons (Fsp3) is 0.0625. The molecule has 0 saturated carbocycles. The largest absolute Gasteiger partial charge is 0.417 e. The Morgan fingerprint density at radius 1 is 1.09 bits per heavy atom. The van der Waals surface area contributed by atoms with Crippen molar-refractivity contribution in [3.8, 4) is 0 Å². The van der Waals surface area contributed by atoms with Crippen molar-refractivity contribution in [1.29, 1.82) is 0 Å². The van der Waals surface area contributed by atoms with E-state index in [0.29, 0.717) is 22.4 Å². The maximum atomic E-state index is 12.9. The summed E-state index contributed by atoms with van der Waals surface area (Å²) in [6.45, 7) is 0. The molecule has 7 heteroatoms. The van der Waals surface area contributed by atoms with Crippen LogP contribution in [0.3, 0.4) is 0 Å². The van der Waals surface area contributed by atoms with Gasteiger partial charge in [0.2, 0.25) is 0 Å². The first-order valence-corrected chi connectivity index (χ1v) is 7.00. The minimum atomic E-state index is -4.52. The molecule has 0 radical (unpaired) electrons. The number of nitrogens with two attached hydrogens (primary N) is 1. The van der Waals surface area contributed by atoms with E-state index in [4.69, 9.17) is 17.3 Å². The molecule has 3 rings (SSSR count). The molecule has 0 bridgehead atoms. The second kappa shape index (κ2) is 5.62. The van der Waals surface area contributed by atoms with Crippen LogP contribution in [0.4, 0.5) is 30.2 Å². The molecule has 0 atom stereocenters. The maximum Gasteiger partial charge on any atom is 0.417 e. The highest BCUT2D eigenvalue weighted by Crippen LogP contribution is 2.38. The summed E-state index contributed by atoms with van der Waals surface area (Å²) in [4.78, 5) is 3.99. The molecule has 1 heterocycles. The molecule has 0 fully saturated rings. The summed E-state index contributed by atoms with van der Waals surface area (Å²) in [6.07, 6.45) is -3.09. The number of rotatable bonds is 2. The molecule has 1 aromatic heterocycles. The van der Waals surface area contributed by atoms with E-state index in [1.54, 1.807) is 30.3 Å². The van der Waals surface area contributed by atoms with Gasteiger partial charge in [0.15, 0.2) is 0 Å². The van der Waals surface area contributed by atoms with Crippen molar-refractivity contribution < 1.29 is 13.2 Å². The van der Waals surface area contributed by atoms with Crippen molar-refractivity contribution in [2.45, 2.75) is 6.18 Å². The number of halogens is 4. The molecule has 0 aliphatic carbocycles. The third-order valence-corrected chi connectivity index (χ3v) is 3.61. The second-order valence-electron chi connectivity index (χ2n) is 4.96. The number of nitrogens with zero attached hydrogens (tertiary/aromatic N) is 1. The molecule has 0 unspecified atom stereocenters. The summed E-state index contributed by atoms with van der Waals surface area (Å²) in [5, 5.41) is 3.24. The highest BCUT2D eigenvalue weighted by molar-refractivity contribution is 6.32. The number of aromatic nitrogens is 1. The van der Waals surface area contributed by atoms with E-state index in [9.17, 15) is 13.2 Å². The first-order chi connectivity index (χ1) is 10.8. The van der Waals surface area contributed by atoms with Gasteiger partial charge in [0.05, 0.1) is 16.1 Å². The quantitative estimate of drug-likeness (QED) is 0.629. The second-order valence-corrected chi connectivity index (χ2v) is 5.36. The van der Waals surface area contributed by atoms with E-state index < -0.39 is 11.7 Å². The standard InChI is InChI=1S/C16H11ClF3N3/c17-13-7-11-14(23-10-3-1-2-9(21)6-10)4-5-22-15(11)8-12(13)16(18,19)20/h1-8H,21H2,(H,22,23). The highest BCUT2D eigenvalue weighted by Gasteiger charge is 2.33. The minimum absolute atomic E-state index is 0.204. The summed E-state index contributed by atoms with van der Waals surface area (Å²) in [5.41, 5.74) is 6.90. The molecule has 3 N–H and O–H groups in total. The molecule has 118 valence electrons. The van der Waals surface area contributed by atoms with Gasteiger partial charge in [0, 0.05) is 28.6 Å². The van der Waals surface area contributed by atoms with E-state index in [-0.39, 0.29) is 10.5 Å². The number of benzene rings is 2. The Bertz CT molecular complexity index is 878. The highest BCUT2D eigenvalue weighted by atomic mass is 35.5. The van der Waals surface area contributed by atoms with Crippen LogP contribution in [-0.4, -0.2) is 4.98 Å². The lowest BCUT2D eigenvalue weighted by molar-refractivity contribution is -0.137. The van der Waals surface area contributed by atoms with Gasteiger partial charge >= 0.3 is 6.18 Å². The smallest absolute Gasteiger partial charge is 0.399 e. The van der Waals surface area contributed by atoms with Crippen LogP contribution < -0.4 is 11.1 Å². The van der Waals surface area contributed by atoms with Gasteiger partial charge in [-0.15, -0.1) is 0 Å². The number of nitrogens with one attached hydrogen (secondary N) is 1. The third-order valence-electron chi connectivity index (χ3n) is 3.30. The van der Waals surface area contributed by atoms with E-state index in [1.165, 1.54) is 12.3 Å². The van der Waals surface area contributed by atoms with Crippen molar-refractivity contribution in [3.63, 3.8) is 0 Å². The van der Waals surface area contributed by atoms with Crippen LogP contribution in [0.1, 0.15) is 5.56 Å². The lowest BCUT2D eigenvalue weighted by Gasteiger charge is -2.13. The van der Waals surface area contributed by atoms with Gasteiger partial charge in [0.25, 0.3) is 0 Å². The third kappa shape index (κ3) is 3.17. The topological polar surface area (TPSA) is 50.9 Å². The molecule has 0 aliphatic rings. The molecule has 0 spiro atoms. The number of nitrogen functional groups attached to an aromatic ring is 1. The van der Waals surface area contributed by atoms with Crippen molar-refractivity contribution in [2.24, 2.45) is 0 Å². The predicted molar refractivity (Wildman–Crippen MR) is 85.9 cm³/mol. The van der Waals surface area contributed by atoms with Gasteiger partial charge in [-0.25, -0.2) is 0 Å².